The Morgan fingerprint density at radius 1 is 1.42 bits per heavy atom. The highest BCUT2D eigenvalue weighted by Crippen LogP contribution is 2.16. The molecule has 19 heavy (non-hydrogen) atoms. The highest BCUT2D eigenvalue weighted by molar-refractivity contribution is 5.94. The predicted octanol–water partition coefficient (Wildman–Crippen LogP) is 2.27. The molecule has 0 heterocycles. The molecular formula is C13H13FN2O3. The van der Waals surface area contributed by atoms with Crippen LogP contribution in [0.25, 0.3) is 0 Å². The zero-order chi connectivity index (χ0) is 14.3. The maximum Gasteiger partial charge on any atom is 0.273 e. The Balaban J connectivity index is 2.62. The second-order valence-corrected chi connectivity index (χ2v) is 3.87. The van der Waals surface area contributed by atoms with E-state index in [4.69, 9.17) is 6.42 Å². The number of nitrogens with one attached hydrogen (secondary N) is 1. The van der Waals surface area contributed by atoms with E-state index in [1.165, 1.54) is 0 Å². The first-order chi connectivity index (χ1) is 9.04. The highest BCUT2D eigenvalue weighted by Gasteiger charge is 2.14. The Hall–Kier alpha value is -2.42. The average Bonchev–Trinajstić information content (AvgIpc) is 2.37. The molecular weight excluding hydrogens is 251 g/mol. The van der Waals surface area contributed by atoms with Crippen LogP contribution in [0.2, 0.25) is 0 Å². The van der Waals surface area contributed by atoms with E-state index in [9.17, 15) is 19.3 Å². The van der Waals surface area contributed by atoms with E-state index in [2.05, 4.69) is 11.2 Å². The fourth-order valence-electron chi connectivity index (χ4n) is 1.47. The van der Waals surface area contributed by atoms with E-state index in [0.29, 0.717) is 19.4 Å². The number of nitro benzene ring substituents is 1. The van der Waals surface area contributed by atoms with Crippen LogP contribution in [0.1, 0.15) is 29.6 Å². The van der Waals surface area contributed by atoms with Crippen molar-refractivity contribution in [2.45, 2.75) is 19.3 Å². The second kappa shape index (κ2) is 7.11. The van der Waals surface area contributed by atoms with Crippen molar-refractivity contribution in [2.75, 3.05) is 6.54 Å². The minimum atomic E-state index is -0.813. The summed E-state index contributed by atoms with van der Waals surface area (Å²) in [5, 5.41) is 13.1. The molecule has 100 valence electrons. The standard InChI is InChI=1S/C13H13FN2O3/c1-2-3-4-5-6-15-13(17)10-7-11(14)9-12(8-10)16(18)19/h1,7-9H,3-6H2,(H,15,17). The number of terminal acetylenes is 1. The number of benzene rings is 1. The van der Waals surface area contributed by atoms with Crippen LogP contribution < -0.4 is 5.32 Å². The largest absolute Gasteiger partial charge is 0.352 e. The summed E-state index contributed by atoms with van der Waals surface area (Å²) in [6.07, 6.45) is 7.19. The average molecular weight is 264 g/mol. The number of rotatable bonds is 6. The first kappa shape index (κ1) is 14.6. The van der Waals surface area contributed by atoms with Gasteiger partial charge in [0.1, 0.15) is 5.82 Å². The van der Waals surface area contributed by atoms with Gasteiger partial charge in [0.15, 0.2) is 0 Å². The molecule has 0 aliphatic rings. The van der Waals surface area contributed by atoms with E-state index in [1.54, 1.807) is 0 Å². The fraction of sp³-hybridized carbons (Fsp3) is 0.308. The molecule has 1 amide bonds. The predicted molar refractivity (Wildman–Crippen MR) is 68.1 cm³/mol. The van der Waals surface area contributed by atoms with Crippen LogP contribution in [-0.4, -0.2) is 17.4 Å². The minimum absolute atomic E-state index is 0.0661. The molecule has 0 saturated heterocycles. The van der Waals surface area contributed by atoms with Crippen LogP contribution in [-0.2, 0) is 0 Å². The van der Waals surface area contributed by atoms with Crippen LogP contribution in [0.15, 0.2) is 18.2 Å². The number of hydrogen-bond acceptors (Lipinski definition) is 3. The van der Waals surface area contributed by atoms with Gasteiger partial charge in [0, 0.05) is 24.6 Å². The molecule has 0 fully saturated rings. The Morgan fingerprint density at radius 2 is 2.16 bits per heavy atom. The third-order valence-corrected chi connectivity index (χ3v) is 2.39. The van der Waals surface area contributed by atoms with E-state index in [-0.39, 0.29) is 5.56 Å². The number of unbranched alkanes of at least 4 members (excludes halogenated alkanes) is 2. The molecule has 0 atom stereocenters. The molecule has 0 aliphatic carbocycles. The van der Waals surface area contributed by atoms with E-state index in [0.717, 1.165) is 24.6 Å². The van der Waals surface area contributed by atoms with Gasteiger partial charge in [-0.05, 0) is 18.9 Å². The summed E-state index contributed by atoms with van der Waals surface area (Å²) in [5.74, 6) is 1.13. The van der Waals surface area contributed by atoms with Gasteiger partial charge in [0.2, 0.25) is 0 Å². The number of halogens is 1. The minimum Gasteiger partial charge on any atom is -0.352 e. The van der Waals surface area contributed by atoms with Crippen LogP contribution in [0.5, 0.6) is 0 Å². The van der Waals surface area contributed by atoms with Gasteiger partial charge in [0.25, 0.3) is 11.6 Å². The van der Waals surface area contributed by atoms with E-state index < -0.39 is 22.3 Å². The third-order valence-electron chi connectivity index (χ3n) is 2.39. The summed E-state index contributed by atoms with van der Waals surface area (Å²) in [6, 6.07) is 2.77. The van der Waals surface area contributed by atoms with Gasteiger partial charge < -0.3 is 5.32 Å². The molecule has 1 aromatic rings. The smallest absolute Gasteiger partial charge is 0.273 e. The monoisotopic (exact) mass is 264 g/mol. The summed E-state index contributed by atoms with van der Waals surface area (Å²) < 4.78 is 13.1. The van der Waals surface area contributed by atoms with Gasteiger partial charge in [-0.15, -0.1) is 12.3 Å². The highest BCUT2D eigenvalue weighted by atomic mass is 19.1. The number of carbonyl (C=O) groups excluding carboxylic acids is 1. The zero-order valence-electron chi connectivity index (χ0n) is 10.2. The maximum absolute atomic E-state index is 13.1. The van der Waals surface area contributed by atoms with Gasteiger partial charge >= 0.3 is 0 Å². The third kappa shape index (κ3) is 4.76. The first-order valence-corrected chi connectivity index (χ1v) is 5.71. The van der Waals surface area contributed by atoms with Crippen molar-refractivity contribution in [1.29, 1.82) is 0 Å². The van der Waals surface area contributed by atoms with E-state index in [1.807, 2.05) is 0 Å². The molecule has 0 bridgehead atoms. The van der Waals surface area contributed by atoms with Crippen molar-refractivity contribution in [3.63, 3.8) is 0 Å². The van der Waals surface area contributed by atoms with Crippen LogP contribution >= 0.6 is 0 Å². The molecule has 0 aromatic heterocycles. The first-order valence-electron chi connectivity index (χ1n) is 5.71. The lowest BCUT2D eigenvalue weighted by molar-refractivity contribution is -0.385. The van der Waals surface area contributed by atoms with Crippen LogP contribution in [0.4, 0.5) is 10.1 Å². The van der Waals surface area contributed by atoms with Crippen molar-refractivity contribution in [3.8, 4) is 12.3 Å². The number of non-ortho nitro benzene ring substituents is 1. The molecule has 0 unspecified atom stereocenters. The molecule has 0 aliphatic heterocycles. The summed E-state index contributed by atoms with van der Waals surface area (Å²) in [5.41, 5.74) is -0.513. The molecule has 5 nitrogen and oxygen atoms in total. The van der Waals surface area contributed by atoms with Crippen molar-refractivity contribution in [1.82, 2.24) is 5.32 Å². The van der Waals surface area contributed by atoms with Gasteiger partial charge in [0.05, 0.1) is 11.0 Å². The summed E-state index contributed by atoms with van der Waals surface area (Å²) >= 11 is 0. The van der Waals surface area contributed by atoms with Gasteiger partial charge in [-0.1, -0.05) is 0 Å². The Kier molecular flexibility index (Phi) is 5.48. The number of carbonyl (C=O) groups is 1. The maximum atomic E-state index is 13.1. The van der Waals surface area contributed by atoms with Crippen molar-refractivity contribution in [3.05, 3.63) is 39.7 Å². The molecule has 6 heteroatoms. The fourth-order valence-corrected chi connectivity index (χ4v) is 1.47. The lowest BCUT2D eigenvalue weighted by atomic mass is 10.1. The number of nitrogens with zero attached hydrogens (tertiary/aromatic N) is 1. The van der Waals surface area contributed by atoms with Gasteiger partial charge in [-0.25, -0.2) is 4.39 Å². The van der Waals surface area contributed by atoms with Crippen molar-refractivity contribution >= 4 is 11.6 Å². The molecule has 1 rings (SSSR count). The summed E-state index contributed by atoms with van der Waals surface area (Å²) in [4.78, 5) is 21.5. The van der Waals surface area contributed by atoms with Crippen LogP contribution in [0, 0.1) is 28.3 Å². The SMILES string of the molecule is C#CCCCCNC(=O)c1cc(F)cc([N+](=O)[O-])c1. The van der Waals surface area contributed by atoms with Crippen LogP contribution in [0.3, 0.4) is 0 Å². The zero-order valence-corrected chi connectivity index (χ0v) is 10.2. The normalized spacial score (nSPS) is 9.68. The summed E-state index contributed by atoms with van der Waals surface area (Å²) in [7, 11) is 0. The Morgan fingerprint density at radius 3 is 2.79 bits per heavy atom. The Labute approximate surface area is 110 Å². The molecule has 0 saturated carbocycles. The van der Waals surface area contributed by atoms with E-state index >= 15 is 0 Å². The van der Waals surface area contributed by atoms with Gasteiger partial charge in [-0.3, -0.25) is 14.9 Å². The number of amides is 1. The number of hydrogen-bond donors (Lipinski definition) is 1. The molecule has 0 radical (unpaired) electrons. The van der Waals surface area contributed by atoms with Crippen molar-refractivity contribution in [2.24, 2.45) is 0 Å². The summed E-state index contributed by atoms with van der Waals surface area (Å²) in [6.45, 7) is 0.394. The molecule has 1 aromatic carbocycles. The second-order valence-electron chi connectivity index (χ2n) is 3.87. The van der Waals surface area contributed by atoms with Gasteiger partial charge in [-0.2, -0.15) is 0 Å². The lowest BCUT2D eigenvalue weighted by Gasteiger charge is -2.04. The molecule has 0 spiro atoms. The number of nitro groups is 1. The molecule has 1 N–H and O–H groups in total. The topological polar surface area (TPSA) is 72.2 Å². The lowest BCUT2D eigenvalue weighted by Crippen LogP contribution is -2.24. The Bertz CT molecular complexity index is 523. The quantitative estimate of drug-likeness (QED) is 0.371. The van der Waals surface area contributed by atoms with Crippen molar-refractivity contribution < 1.29 is 14.1 Å².